The average molecular weight is 370 g/mol. The SMILES string of the molecule is C=CCN1C(=O)/C(=C/c2ccccc2N2CCN(C)CC2)C(=O)NC1=S. The van der Waals surface area contributed by atoms with Crippen molar-refractivity contribution >= 4 is 40.9 Å². The molecule has 2 saturated heterocycles. The molecule has 6 nitrogen and oxygen atoms in total. The number of likely N-dealkylation sites (N-methyl/N-ethyl adjacent to an activating group) is 1. The highest BCUT2D eigenvalue weighted by Gasteiger charge is 2.32. The van der Waals surface area contributed by atoms with Gasteiger partial charge in [0, 0.05) is 38.4 Å². The van der Waals surface area contributed by atoms with Gasteiger partial charge in [0.15, 0.2) is 5.11 Å². The second-order valence-electron chi connectivity index (χ2n) is 6.37. The summed E-state index contributed by atoms with van der Waals surface area (Å²) in [5.41, 5.74) is 1.96. The van der Waals surface area contributed by atoms with Crippen molar-refractivity contribution in [1.82, 2.24) is 15.1 Å². The predicted octanol–water partition coefficient (Wildman–Crippen LogP) is 1.25. The molecular formula is C19H22N4O2S. The summed E-state index contributed by atoms with van der Waals surface area (Å²) in [6.07, 6.45) is 3.24. The van der Waals surface area contributed by atoms with E-state index >= 15 is 0 Å². The van der Waals surface area contributed by atoms with Gasteiger partial charge in [0.1, 0.15) is 5.57 Å². The Labute approximate surface area is 158 Å². The summed E-state index contributed by atoms with van der Waals surface area (Å²) >= 11 is 5.09. The van der Waals surface area contributed by atoms with Crippen LogP contribution in [0.3, 0.4) is 0 Å². The van der Waals surface area contributed by atoms with Gasteiger partial charge in [-0.25, -0.2) is 0 Å². The molecule has 1 aromatic rings. The molecule has 0 aliphatic carbocycles. The smallest absolute Gasteiger partial charge is 0.265 e. The lowest BCUT2D eigenvalue weighted by molar-refractivity contribution is -0.128. The Kier molecular flexibility index (Phi) is 5.49. The van der Waals surface area contributed by atoms with Gasteiger partial charge in [0.25, 0.3) is 11.8 Å². The number of anilines is 1. The first-order chi connectivity index (χ1) is 12.5. The number of piperazine rings is 1. The number of carbonyl (C=O) groups is 2. The van der Waals surface area contributed by atoms with Gasteiger partial charge in [-0.1, -0.05) is 24.3 Å². The lowest BCUT2D eigenvalue weighted by Crippen LogP contribution is -2.53. The van der Waals surface area contributed by atoms with Crippen LogP contribution in [-0.2, 0) is 9.59 Å². The molecule has 2 amide bonds. The standard InChI is InChI=1S/C19H22N4O2S/c1-3-8-23-18(25)15(17(24)20-19(23)26)13-14-6-4-5-7-16(14)22-11-9-21(2)10-12-22/h3-7,13H,1,8-12H2,2H3,(H,20,24,26)/b15-13+. The number of nitrogens with one attached hydrogen (secondary N) is 1. The van der Waals surface area contributed by atoms with Gasteiger partial charge in [-0.05, 0) is 37.0 Å². The van der Waals surface area contributed by atoms with Crippen LogP contribution in [0.2, 0.25) is 0 Å². The minimum Gasteiger partial charge on any atom is -0.368 e. The highest BCUT2D eigenvalue weighted by atomic mass is 32.1. The lowest BCUT2D eigenvalue weighted by atomic mass is 10.0. The number of hydrogen-bond donors (Lipinski definition) is 1. The van der Waals surface area contributed by atoms with E-state index in [0.717, 1.165) is 37.4 Å². The molecule has 0 unspecified atom stereocenters. The maximum atomic E-state index is 12.7. The maximum absolute atomic E-state index is 12.7. The predicted molar refractivity (Wildman–Crippen MR) is 107 cm³/mol. The minimum absolute atomic E-state index is 0.0852. The first-order valence-corrected chi connectivity index (χ1v) is 8.94. The normalized spacial score (nSPS) is 20.5. The van der Waals surface area contributed by atoms with Crippen LogP contribution in [0.4, 0.5) is 5.69 Å². The molecule has 0 atom stereocenters. The quantitative estimate of drug-likeness (QED) is 0.374. The number of rotatable bonds is 4. The Morgan fingerprint density at radius 1 is 1.19 bits per heavy atom. The van der Waals surface area contributed by atoms with Crippen LogP contribution in [-0.4, -0.2) is 66.5 Å². The highest BCUT2D eigenvalue weighted by Crippen LogP contribution is 2.25. The van der Waals surface area contributed by atoms with E-state index < -0.39 is 11.8 Å². The number of carbonyl (C=O) groups excluding carboxylic acids is 2. The van der Waals surface area contributed by atoms with Crippen molar-refractivity contribution in [3.8, 4) is 0 Å². The number of para-hydroxylation sites is 1. The first-order valence-electron chi connectivity index (χ1n) is 8.53. The topological polar surface area (TPSA) is 55.9 Å². The average Bonchev–Trinajstić information content (AvgIpc) is 2.63. The number of amides is 2. The molecule has 0 bridgehead atoms. The number of benzene rings is 1. The van der Waals surface area contributed by atoms with E-state index in [0.29, 0.717) is 0 Å². The second-order valence-corrected chi connectivity index (χ2v) is 6.76. The molecule has 26 heavy (non-hydrogen) atoms. The van der Waals surface area contributed by atoms with E-state index in [4.69, 9.17) is 12.2 Å². The van der Waals surface area contributed by atoms with Crippen LogP contribution in [0, 0.1) is 0 Å². The highest BCUT2D eigenvalue weighted by molar-refractivity contribution is 7.80. The van der Waals surface area contributed by atoms with Crippen molar-refractivity contribution in [1.29, 1.82) is 0 Å². The van der Waals surface area contributed by atoms with E-state index in [9.17, 15) is 9.59 Å². The minimum atomic E-state index is -0.464. The van der Waals surface area contributed by atoms with Gasteiger partial charge < -0.3 is 9.80 Å². The number of hydrogen-bond acceptors (Lipinski definition) is 5. The summed E-state index contributed by atoms with van der Waals surface area (Å²) in [5, 5.41) is 2.70. The van der Waals surface area contributed by atoms with Crippen LogP contribution in [0.25, 0.3) is 6.08 Å². The molecule has 2 fully saturated rings. The Bertz CT molecular complexity index is 781. The molecule has 136 valence electrons. The van der Waals surface area contributed by atoms with Crippen molar-refractivity contribution < 1.29 is 9.59 Å². The zero-order valence-electron chi connectivity index (χ0n) is 14.8. The molecule has 0 radical (unpaired) electrons. The third kappa shape index (κ3) is 3.68. The van der Waals surface area contributed by atoms with E-state index in [1.807, 2.05) is 24.3 Å². The molecule has 0 spiro atoms. The van der Waals surface area contributed by atoms with Crippen LogP contribution >= 0.6 is 12.2 Å². The fraction of sp³-hybridized carbons (Fsp3) is 0.316. The molecule has 2 heterocycles. The van der Waals surface area contributed by atoms with E-state index in [1.165, 1.54) is 4.90 Å². The third-order valence-electron chi connectivity index (χ3n) is 4.58. The maximum Gasteiger partial charge on any atom is 0.265 e. The Morgan fingerprint density at radius 3 is 2.58 bits per heavy atom. The van der Waals surface area contributed by atoms with Gasteiger partial charge in [-0.2, -0.15) is 0 Å². The Balaban J connectivity index is 1.94. The Morgan fingerprint density at radius 2 is 1.88 bits per heavy atom. The van der Waals surface area contributed by atoms with Crippen LogP contribution in [0.5, 0.6) is 0 Å². The first kappa shape index (κ1) is 18.3. The molecule has 0 saturated carbocycles. The molecule has 2 aliphatic rings. The van der Waals surface area contributed by atoms with Crippen molar-refractivity contribution in [2.24, 2.45) is 0 Å². The van der Waals surface area contributed by atoms with E-state index in [1.54, 1.807) is 12.2 Å². The molecule has 1 N–H and O–H groups in total. The van der Waals surface area contributed by atoms with Gasteiger partial charge in [0.2, 0.25) is 0 Å². The van der Waals surface area contributed by atoms with Crippen molar-refractivity contribution in [3.05, 3.63) is 48.1 Å². The Hall–Kier alpha value is -2.51. The summed E-state index contributed by atoms with van der Waals surface area (Å²) in [6.45, 7) is 7.66. The van der Waals surface area contributed by atoms with Gasteiger partial charge in [-0.15, -0.1) is 6.58 Å². The van der Waals surface area contributed by atoms with Crippen LogP contribution in [0.1, 0.15) is 5.56 Å². The molecule has 0 aromatic heterocycles. The summed E-state index contributed by atoms with van der Waals surface area (Å²) in [4.78, 5) is 31.0. The summed E-state index contributed by atoms with van der Waals surface area (Å²) in [6, 6.07) is 7.82. The van der Waals surface area contributed by atoms with Crippen molar-refractivity contribution in [2.45, 2.75) is 0 Å². The van der Waals surface area contributed by atoms with Crippen molar-refractivity contribution in [3.63, 3.8) is 0 Å². The largest absolute Gasteiger partial charge is 0.368 e. The lowest BCUT2D eigenvalue weighted by Gasteiger charge is -2.35. The zero-order valence-corrected chi connectivity index (χ0v) is 15.6. The molecule has 7 heteroatoms. The summed E-state index contributed by atoms with van der Waals surface area (Å²) in [5.74, 6) is -0.861. The van der Waals surface area contributed by atoms with Crippen LogP contribution < -0.4 is 10.2 Å². The molecule has 1 aromatic carbocycles. The van der Waals surface area contributed by atoms with E-state index in [-0.39, 0.29) is 17.2 Å². The second kappa shape index (κ2) is 7.80. The molecular weight excluding hydrogens is 348 g/mol. The summed E-state index contributed by atoms with van der Waals surface area (Å²) < 4.78 is 0. The summed E-state index contributed by atoms with van der Waals surface area (Å²) in [7, 11) is 2.10. The van der Waals surface area contributed by atoms with Gasteiger partial charge in [0.05, 0.1) is 0 Å². The molecule has 2 aliphatic heterocycles. The number of thiocarbonyl (C=S) groups is 1. The fourth-order valence-corrected chi connectivity index (χ4v) is 3.34. The van der Waals surface area contributed by atoms with Crippen LogP contribution in [0.15, 0.2) is 42.5 Å². The van der Waals surface area contributed by atoms with Crippen molar-refractivity contribution in [2.75, 3.05) is 44.7 Å². The monoisotopic (exact) mass is 370 g/mol. The zero-order chi connectivity index (χ0) is 18.7. The molecule has 3 rings (SSSR count). The van der Waals surface area contributed by atoms with E-state index in [2.05, 4.69) is 28.7 Å². The van der Waals surface area contributed by atoms with Gasteiger partial charge in [-0.3, -0.25) is 19.8 Å². The third-order valence-corrected chi connectivity index (χ3v) is 4.90. The fourth-order valence-electron chi connectivity index (χ4n) is 3.09. The van der Waals surface area contributed by atoms with Gasteiger partial charge >= 0.3 is 0 Å². The number of nitrogens with zero attached hydrogens (tertiary/aromatic N) is 3.